The van der Waals surface area contributed by atoms with E-state index in [9.17, 15) is 4.79 Å². The zero-order valence-electron chi connectivity index (χ0n) is 9.66. The first-order chi connectivity index (χ1) is 8.15. The van der Waals surface area contributed by atoms with Gasteiger partial charge in [0.1, 0.15) is 0 Å². The highest BCUT2D eigenvalue weighted by atomic mass is 35.5. The number of anilines is 1. The number of halogens is 1. The molecule has 90 valence electrons. The zero-order chi connectivity index (χ0) is 12.3. The van der Waals surface area contributed by atoms with Gasteiger partial charge in [0.25, 0.3) is 0 Å². The monoisotopic (exact) mass is 250 g/mol. The number of carbonyl (C=O) groups excluding carboxylic acids is 1. The molecule has 4 heteroatoms. The second kappa shape index (κ2) is 5.23. The van der Waals surface area contributed by atoms with Crippen LogP contribution in [0.1, 0.15) is 19.8 Å². The Balaban J connectivity index is 1.84. The molecular formula is C13H15ClN2O. The van der Waals surface area contributed by atoms with Crippen LogP contribution in [0.15, 0.2) is 36.0 Å². The van der Waals surface area contributed by atoms with Gasteiger partial charge in [0.15, 0.2) is 0 Å². The Bertz CT molecular complexity index is 435. The lowest BCUT2D eigenvalue weighted by molar-refractivity contribution is 0.255. The smallest absolute Gasteiger partial charge is 0.314 e. The zero-order valence-corrected chi connectivity index (χ0v) is 10.4. The molecule has 0 aromatic heterocycles. The van der Waals surface area contributed by atoms with Crippen molar-refractivity contribution in [2.75, 3.05) is 5.32 Å². The molecule has 1 aliphatic carbocycles. The van der Waals surface area contributed by atoms with Crippen LogP contribution in [0.3, 0.4) is 0 Å². The van der Waals surface area contributed by atoms with Crippen LogP contribution in [0.25, 0.3) is 0 Å². The quantitative estimate of drug-likeness (QED) is 0.842. The molecule has 0 atom stereocenters. The first-order valence-corrected chi connectivity index (χ1v) is 6.02. The lowest BCUT2D eigenvalue weighted by Gasteiger charge is -2.05. The van der Waals surface area contributed by atoms with E-state index >= 15 is 0 Å². The maximum atomic E-state index is 11.5. The van der Waals surface area contributed by atoms with Crippen LogP contribution in [0.2, 0.25) is 5.02 Å². The average Bonchev–Trinajstić information content (AvgIpc) is 3.13. The average molecular weight is 251 g/mol. The largest absolute Gasteiger partial charge is 0.323 e. The Labute approximate surface area is 106 Å². The molecule has 0 radical (unpaired) electrons. The van der Waals surface area contributed by atoms with E-state index in [1.165, 1.54) is 18.4 Å². The van der Waals surface area contributed by atoms with Gasteiger partial charge >= 0.3 is 6.03 Å². The second-order valence-electron chi connectivity index (χ2n) is 4.27. The van der Waals surface area contributed by atoms with Gasteiger partial charge in [-0.15, -0.1) is 0 Å². The van der Waals surface area contributed by atoms with Crippen LogP contribution >= 0.6 is 11.6 Å². The third-order valence-electron chi connectivity index (χ3n) is 2.75. The van der Waals surface area contributed by atoms with E-state index in [-0.39, 0.29) is 6.03 Å². The molecule has 1 saturated carbocycles. The summed E-state index contributed by atoms with van der Waals surface area (Å²) in [6, 6.07) is 6.77. The molecule has 0 saturated heterocycles. The Kier molecular flexibility index (Phi) is 3.69. The SMILES string of the molecule is C/C(=C\NC(=O)Nc1ccc(Cl)cc1)C1CC1. The molecule has 17 heavy (non-hydrogen) atoms. The molecule has 1 aromatic rings. The number of hydrogen-bond acceptors (Lipinski definition) is 1. The Morgan fingerprint density at radius 1 is 1.35 bits per heavy atom. The van der Waals surface area contributed by atoms with Crippen molar-refractivity contribution in [1.29, 1.82) is 0 Å². The van der Waals surface area contributed by atoms with Crippen molar-refractivity contribution in [2.45, 2.75) is 19.8 Å². The first kappa shape index (κ1) is 12.0. The van der Waals surface area contributed by atoms with Gasteiger partial charge in [0.05, 0.1) is 0 Å². The minimum atomic E-state index is -0.229. The highest BCUT2D eigenvalue weighted by Crippen LogP contribution is 2.35. The van der Waals surface area contributed by atoms with Crippen molar-refractivity contribution in [3.05, 3.63) is 41.1 Å². The molecule has 2 rings (SSSR count). The summed E-state index contributed by atoms with van der Waals surface area (Å²) in [7, 11) is 0. The Morgan fingerprint density at radius 2 is 2.00 bits per heavy atom. The van der Waals surface area contributed by atoms with Crippen molar-refractivity contribution in [1.82, 2.24) is 5.32 Å². The molecular weight excluding hydrogens is 236 g/mol. The summed E-state index contributed by atoms with van der Waals surface area (Å²) in [5.41, 5.74) is 1.96. The molecule has 1 aliphatic rings. The number of carbonyl (C=O) groups is 1. The molecule has 0 bridgehead atoms. The van der Waals surface area contributed by atoms with Crippen LogP contribution in [0.5, 0.6) is 0 Å². The van der Waals surface area contributed by atoms with Gasteiger partial charge in [-0.2, -0.15) is 0 Å². The van der Waals surface area contributed by atoms with Crippen LogP contribution in [0, 0.1) is 5.92 Å². The minimum Gasteiger partial charge on any atom is -0.314 e. The van der Waals surface area contributed by atoms with Crippen molar-refractivity contribution in [3.63, 3.8) is 0 Å². The maximum Gasteiger partial charge on any atom is 0.323 e. The van der Waals surface area contributed by atoms with Crippen molar-refractivity contribution in [2.24, 2.45) is 5.92 Å². The van der Waals surface area contributed by atoms with Crippen LogP contribution in [0.4, 0.5) is 10.5 Å². The number of allylic oxidation sites excluding steroid dienone is 1. The Morgan fingerprint density at radius 3 is 2.59 bits per heavy atom. The molecule has 1 fully saturated rings. The summed E-state index contributed by atoms with van der Waals surface area (Å²) in [4.78, 5) is 11.5. The van der Waals surface area contributed by atoms with Gasteiger partial charge in [-0.05, 0) is 49.9 Å². The van der Waals surface area contributed by atoms with Crippen molar-refractivity contribution in [3.8, 4) is 0 Å². The Hall–Kier alpha value is -1.48. The van der Waals surface area contributed by atoms with E-state index in [1.807, 2.05) is 6.92 Å². The summed E-state index contributed by atoms with van der Waals surface area (Å²) < 4.78 is 0. The first-order valence-electron chi connectivity index (χ1n) is 5.65. The highest BCUT2D eigenvalue weighted by molar-refractivity contribution is 6.30. The van der Waals surface area contributed by atoms with Gasteiger partial charge < -0.3 is 10.6 Å². The summed E-state index contributed by atoms with van der Waals surface area (Å²) in [6.45, 7) is 2.04. The normalized spacial score (nSPS) is 15.5. The van der Waals surface area contributed by atoms with Gasteiger partial charge in [0.2, 0.25) is 0 Å². The fourth-order valence-electron chi connectivity index (χ4n) is 1.54. The summed E-state index contributed by atoms with van der Waals surface area (Å²) in [5.74, 6) is 0.672. The molecule has 0 heterocycles. The third-order valence-corrected chi connectivity index (χ3v) is 3.01. The fourth-order valence-corrected chi connectivity index (χ4v) is 1.66. The molecule has 2 N–H and O–H groups in total. The van der Waals surface area contributed by atoms with Gasteiger partial charge in [-0.3, -0.25) is 0 Å². The highest BCUT2D eigenvalue weighted by Gasteiger charge is 2.22. The van der Waals surface area contributed by atoms with E-state index < -0.39 is 0 Å². The predicted molar refractivity (Wildman–Crippen MR) is 70.1 cm³/mol. The molecule has 2 amide bonds. The lowest BCUT2D eigenvalue weighted by Crippen LogP contribution is -2.24. The number of nitrogens with one attached hydrogen (secondary N) is 2. The van der Waals surface area contributed by atoms with E-state index in [1.54, 1.807) is 30.5 Å². The molecule has 0 unspecified atom stereocenters. The topological polar surface area (TPSA) is 41.1 Å². The molecule has 3 nitrogen and oxygen atoms in total. The standard InChI is InChI=1S/C13H15ClN2O/c1-9(10-2-3-10)8-15-13(17)16-12-6-4-11(14)5-7-12/h4-8,10H,2-3H2,1H3,(H2,15,16,17)/b9-8+. The second-order valence-corrected chi connectivity index (χ2v) is 4.70. The lowest BCUT2D eigenvalue weighted by atomic mass is 10.2. The third kappa shape index (κ3) is 3.79. The number of amides is 2. The number of hydrogen-bond donors (Lipinski definition) is 2. The van der Waals surface area contributed by atoms with Gasteiger partial charge in [-0.1, -0.05) is 17.2 Å². The summed E-state index contributed by atoms with van der Waals surface area (Å²) >= 11 is 5.75. The number of benzene rings is 1. The van der Waals surface area contributed by atoms with Crippen LogP contribution in [-0.2, 0) is 0 Å². The number of rotatable bonds is 3. The minimum absolute atomic E-state index is 0.229. The number of urea groups is 1. The van der Waals surface area contributed by atoms with Crippen LogP contribution in [-0.4, -0.2) is 6.03 Å². The maximum absolute atomic E-state index is 11.5. The van der Waals surface area contributed by atoms with E-state index in [0.29, 0.717) is 10.9 Å². The van der Waals surface area contributed by atoms with E-state index in [0.717, 1.165) is 5.69 Å². The summed E-state index contributed by atoms with van der Waals surface area (Å²) in [5, 5.41) is 6.11. The molecule has 0 spiro atoms. The van der Waals surface area contributed by atoms with Gasteiger partial charge in [0, 0.05) is 16.9 Å². The predicted octanol–water partition coefficient (Wildman–Crippen LogP) is 3.78. The molecule has 1 aromatic carbocycles. The van der Waals surface area contributed by atoms with E-state index in [4.69, 9.17) is 11.6 Å². The fraction of sp³-hybridized carbons (Fsp3) is 0.308. The van der Waals surface area contributed by atoms with Gasteiger partial charge in [-0.25, -0.2) is 4.79 Å². The van der Waals surface area contributed by atoms with Crippen molar-refractivity contribution < 1.29 is 4.79 Å². The van der Waals surface area contributed by atoms with Crippen molar-refractivity contribution >= 4 is 23.3 Å². The van der Waals surface area contributed by atoms with E-state index in [2.05, 4.69) is 10.6 Å². The summed E-state index contributed by atoms with van der Waals surface area (Å²) in [6.07, 6.45) is 4.26. The van der Waals surface area contributed by atoms with Crippen LogP contribution < -0.4 is 10.6 Å². The molecule has 0 aliphatic heterocycles.